The molecule has 0 bridgehead atoms. The number of rotatable bonds is 7. The van der Waals surface area contributed by atoms with Gasteiger partial charge in [0, 0.05) is 16.3 Å². The molecule has 0 saturated carbocycles. The standard InChI is InChI=1S/C19H17ClN4O3S/c1-11(25)12-4-3-5-14(8-12)21-17(26)10-28-19-22-18(23-24-19)15-9-13(20)6-7-16(15)27-2/h3-9H,10H2,1-2H3,(H,21,26)(H,22,23,24). The third-order valence-corrected chi connectivity index (χ3v) is 4.85. The van der Waals surface area contributed by atoms with Crippen LogP contribution in [0.2, 0.25) is 5.02 Å². The topological polar surface area (TPSA) is 97.0 Å². The van der Waals surface area contributed by atoms with Gasteiger partial charge in [-0.25, -0.2) is 4.98 Å². The second kappa shape index (κ2) is 8.90. The van der Waals surface area contributed by atoms with Gasteiger partial charge in [0.15, 0.2) is 11.6 Å². The molecule has 2 aromatic carbocycles. The van der Waals surface area contributed by atoms with E-state index in [1.54, 1.807) is 49.6 Å². The lowest BCUT2D eigenvalue weighted by Crippen LogP contribution is -2.14. The minimum Gasteiger partial charge on any atom is -0.496 e. The van der Waals surface area contributed by atoms with E-state index >= 15 is 0 Å². The maximum atomic E-state index is 12.2. The van der Waals surface area contributed by atoms with E-state index in [-0.39, 0.29) is 17.4 Å². The van der Waals surface area contributed by atoms with Crippen LogP contribution in [0.15, 0.2) is 47.6 Å². The summed E-state index contributed by atoms with van der Waals surface area (Å²) in [5.41, 5.74) is 1.79. The number of nitrogens with zero attached hydrogens (tertiary/aromatic N) is 2. The molecule has 0 aliphatic heterocycles. The average Bonchev–Trinajstić information content (AvgIpc) is 3.15. The number of ether oxygens (including phenoxy) is 1. The largest absolute Gasteiger partial charge is 0.496 e. The lowest BCUT2D eigenvalue weighted by atomic mass is 10.1. The summed E-state index contributed by atoms with van der Waals surface area (Å²) in [7, 11) is 1.56. The molecule has 28 heavy (non-hydrogen) atoms. The van der Waals surface area contributed by atoms with Crippen LogP contribution in [0.1, 0.15) is 17.3 Å². The molecule has 0 unspecified atom stereocenters. The summed E-state index contributed by atoms with van der Waals surface area (Å²) < 4.78 is 5.31. The highest BCUT2D eigenvalue weighted by atomic mass is 35.5. The second-order valence-electron chi connectivity index (χ2n) is 5.79. The number of aromatic nitrogens is 3. The molecule has 0 radical (unpaired) electrons. The highest BCUT2D eigenvalue weighted by Crippen LogP contribution is 2.31. The molecule has 0 aliphatic carbocycles. The van der Waals surface area contributed by atoms with E-state index in [4.69, 9.17) is 16.3 Å². The Morgan fingerprint density at radius 2 is 2.07 bits per heavy atom. The lowest BCUT2D eigenvalue weighted by Gasteiger charge is -2.06. The third-order valence-electron chi connectivity index (χ3n) is 3.77. The number of benzene rings is 2. The summed E-state index contributed by atoms with van der Waals surface area (Å²) in [6.07, 6.45) is 0. The SMILES string of the molecule is COc1ccc(Cl)cc1-c1nc(SCC(=O)Nc2cccc(C(C)=O)c2)n[nH]1. The molecule has 1 aromatic heterocycles. The van der Waals surface area contributed by atoms with Gasteiger partial charge in [0.1, 0.15) is 5.75 Å². The van der Waals surface area contributed by atoms with Gasteiger partial charge < -0.3 is 10.1 Å². The molecular formula is C19H17ClN4O3S. The van der Waals surface area contributed by atoms with Crippen LogP contribution in [0.4, 0.5) is 5.69 Å². The lowest BCUT2D eigenvalue weighted by molar-refractivity contribution is -0.113. The van der Waals surface area contributed by atoms with Crippen LogP contribution in [-0.2, 0) is 4.79 Å². The fourth-order valence-electron chi connectivity index (χ4n) is 2.44. The molecule has 2 N–H and O–H groups in total. The maximum Gasteiger partial charge on any atom is 0.234 e. The fraction of sp³-hybridized carbons (Fsp3) is 0.158. The van der Waals surface area contributed by atoms with E-state index in [9.17, 15) is 9.59 Å². The summed E-state index contributed by atoms with van der Waals surface area (Å²) in [4.78, 5) is 28.0. The van der Waals surface area contributed by atoms with E-state index in [2.05, 4.69) is 20.5 Å². The molecule has 7 nitrogen and oxygen atoms in total. The Morgan fingerprint density at radius 1 is 1.25 bits per heavy atom. The number of H-pyrrole nitrogens is 1. The smallest absolute Gasteiger partial charge is 0.234 e. The van der Waals surface area contributed by atoms with Crippen molar-refractivity contribution in [2.45, 2.75) is 12.1 Å². The van der Waals surface area contributed by atoms with Crippen LogP contribution >= 0.6 is 23.4 Å². The number of carbonyl (C=O) groups is 2. The van der Waals surface area contributed by atoms with Crippen molar-refractivity contribution in [1.82, 2.24) is 15.2 Å². The first kappa shape index (κ1) is 19.9. The van der Waals surface area contributed by atoms with Gasteiger partial charge in [0.05, 0.1) is 18.4 Å². The molecule has 144 valence electrons. The number of thioether (sulfide) groups is 1. The van der Waals surface area contributed by atoms with E-state index in [1.807, 2.05) is 0 Å². The molecule has 0 saturated heterocycles. The van der Waals surface area contributed by atoms with Crippen molar-refractivity contribution in [2.75, 3.05) is 18.2 Å². The number of Topliss-reactive ketones (excluding diaryl/α,β-unsaturated/α-hetero) is 1. The number of aromatic amines is 1. The van der Waals surface area contributed by atoms with Gasteiger partial charge in [-0.1, -0.05) is 35.5 Å². The number of nitrogens with one attached hydrogen (secondary N) is 2. The third kappa shape index (κ3) is 4.90. The van der Waals surface area contributed by atoms with Gasteiger partial charge in [0.25, 0.3) is 0 Å². The Labute approximate surface area is 170 Å². The Hall–Kier alpha value is -2.84. The molecule has 1 heterocycles. The van der Waals surface area contributed by atoms with Crippen molar-refractivity contribution >= 4 is 40.7 Å². The average molecular weight is 417 g/mol. The van der Waals surface area contributed by atoms with Gasteiger partial charge in [0.2, 0.25) is 11.1 Å². The Bertz CT molecular complexity index is 1020. The van der Waals surface area contributed by atoms with Gasteiger partial charge >= 0.3 is 0 Å². The van der Waals surface area contributed by atoms with Gasteiger partial charge in [-0.2, -0.15) is 0 Å². The van der Waals surface area contributed by atoms with Gasteiger partial charge in [-0.3, -0.25) is 14.7 Å². The highest BCUT2D eigenvalue weighted by Gasteiger charge is 2.13. The summed E-state index contributed by atoms with van der Waals surface area (Å²) in [5.74, 6) is 0.943. The molecule has 0 fully saturated rings. The predicted molar refractivity (Wildman–Crippen MR) is 109 cm³/mol. The van der Waals surface area contributed by atoms with E-state index in [0.717, 1.165) is 0 Å². The molecule has 0 atom stereocenters. The number of anilines is 1. The number of hydrogen-bond acceptors (Lipinski definition) is 6. The van der Waals surface area contributed by atoms with Crippen molar-refractivity contribution in [1.29, 1.82) is 0 Å². The number of halogens is 1. The number of hydrogen-bond donors (Lipinski definition) is 2. The predicted octanol–water partition coefficient (Wildman–Crippen LogP) is 4.07. The van der Waals surface area contributed by atoms with Gasteiger partial charge in [-0.05, 0) is 37.3 Å². The van der Waals surface area contributed by atoms with Gasteiger partial charge in [-0.15, -0.1) is 5.10 Å². The van der Waals surface area contributed by atoms with Crippen molar-refractivity contribution < 1.29 is 14.3 Å². The highest BCUT2D eigenvalue weighted by molar-refractivity contribution is 7.99. The maximum absolute atomic E-state index is 12.2. The summed E-state index contributed by atoms with van der Waals surface area (Å²) in [6, 6.07) is 12.0. The molecule has 0 aliphatic rings. The molecular weight excluding hydrogens is 400 g/mol. The van der Waals surface area contributed by atoms with Crippen LogP contribution < -0.4 is 10.1 Å². The quantitative estimate of drug-likeness (QED) is 0.445. The Balaban J connectivity index is 1.63. The van der Waals surface area contributed by atoms with Crippen LogP contribution in [0.25, 0.3) is 11.4 Å². The summed E-state index contributed by atoms with van der Waals surface area (Å²) in [5, 5.41) is 10.7. The van der Waals surface area contributed by atoms with E-state index in [1.165, 1.54) is 18.7 Å². The van der Waals surface area contributed by atoms with Crippen molar-refractivity contribution in [3.63, 3.8) is 0 Å². The normalized spacial score (nSPS) is 10.5. The van der Waals surface area contributed by atoms with Crippen LogP contribution in [0, 0.1) is 0 Å². The first-order valence-corrected chi connectivity index (χ1v) is 9.62. The zero-order valence-electron chi connectivity index (χ0n) is 15.2. The van der Waals surface area contributed by atoms with Crippen LogP contribution in [0.5, 0.6) is 5.75 Å². The van der Waals surface area contributed by atoms with E-state index < -0.39 is 0 Å². The minimum atomic E-state index is -0.225. The molecule has 3 aromatic rings. The van der Waals surface area contributed by atoms with E-state index in [0.29, 0.717) is 38.6 Å². The summed E-state index contributed by atoms with van der Waals surface area (Å²) >= 11 is 7.23. The van der Waals surface area contributed by atoms with Crippen LogP contribution in [0.3, 0.4) is 0 Å². The van der Waals surface area contributed by atoms with Crippen molar-refractivity contribution in [3.05, 3.63) is 53.1 Å². The van der Waals surface area contributed by atoms with Crippen molar-refractivity contribution in [2.24, 2.45) is 0 Å². The summed E-state index contributed by atoms with van der Waals surface area (Å²) in [6.45, 7) is 1.48. The Kier molecular flexibility index (Phi) is 6.33. The molecule has 0 spiro atoms. The number of methoxy groups -OCH3 is 1. The monoisotopic (exact) mass is 416 g/mol. The molecule has 9 heteroatoms. The molecule has 1 amide bonds. The van der Waals surface area contributed by atoms with Crippen LogP contribution in [-0.4, -0.2) is 39.7 Å². The number of ketones is 1. The first-order valence-electron chi connectivity index (χ1n) is 8.26. The molecule has 3 rings (SSSR count). The first-order chi connectivity index (χ1) is 13.5. The second-order valence-corrected chi connectivity index (χ2v) is 7.16. The number of carbonyl (C=O) groups excluding carboxylic acids is 2. The fourth-order valence-corrected chi connectivity index (χ4v) is 3.21. The Morgan fingerprint density at radius 3 is 2.82 bits per heavy atom. The zero-order chi connectivity index (χ0) is 20.1. The van der Waals surface area contributed by atoms with Crippen molar-refractivity contribution in [3.8, 4) is 17.1 Å². The minimum absolute atomic E-state index is 0.0600. The zero-order valence-corrected chi connectivity index (χ0v) is 16.7. The number of amides is 1.